The molecule has 0 unspecified atom stereocenters. The fraction of sp³-hybridized carbons (Fsp3) is 0.250. The van der Waals surface area contributed by atoms with Gasteiger partial charge < -0.3 is 14.1 Å². The van der Waals surface area contributed by atoms with E-state index in [9.17, 15) is 13.6 Å². The van der Waals surface area contributed by atoms with Gasteiger partial charge >= 0.3 is 5.63 Å². The molecule has 0 radical (unpaired) electrons. The largest absolute Gasteiger partial charge is 0.472 e. The van der Waals surface area contributed by atoms with Crippen LogP contribution in [0.4, 0.5) is 14.5 Å². The number of halogens is 2. The van der Waals surface area contributed by atoms with Crippen LogP contribution in [0.2, 0.25) is 0 Å². The zero-order chi connectivity index (χ0) is 18.4. The molecule has 0 spiro atoms. The molecule has 4 rings (SSSR count). The van der Waals surface area contributed by atoms with Crippen molar-refractivity contribution in [2.75, 3.05) is 11.6 Å². The lowest BCUT2D eigenvalue weighted by Gasteiger charge is -2.32. The summed E-state index contributed by atoms with van der Waals surface area (Å²) >= 11 is 0. The first kappa shape index (κ1) is 16.6. The summed E-state index contributed by atoms with van der Waals surface area (Å²) in [5.74, 6) is -0.600. The van der Waals surface area contributed by atoms with Crippen LogP contribution in [0.15, 0.2) is 39.5 Å². The zero-order valence-corrected chi connectivity index (χ0v) is 14.4. The van der Waals surface area contributed by atoms with Gasteiger partial charge in [0.2, 0.25) is 0 Å². The zero-order valence-electron chi connectivity index (χ0n) is 14.4. The van der Waals surface area contributed by atoms with E-state index in [1.807, 2.05) is 19.9 Å². The molecule has 1 aliphatic rings. The van der Waals surface area contributed by atoms with Crippen molar-refractivity contribution in [3.05, 3.63) is 69.1 Å². The minimum absolute atomic E-state index is 0.125. The lowest BCUT2D eigenvalue weighted by molar-refractivity contribution is 0.285. The van der Waals surface area contributed by atoms with Gasteiger partial charge in [0.15, 0.2) is 6.73 Å². The monoisotopic (exact) mass is 357 g/mol. The number of benzene rings is 2. The van der Waals surface area contributed by atoms with Gasteiger partial charge in [-0.25, -0.2) is 13.6 Å². The maximum Gasteiger partial charge on any atom is 0.336 e. The van der Waals surface area contributed by atoms with Crippen molar-refractivity contribution in [2.24, 2.45) is 0 Å². The van der Waals surface area contributed by atoms with E-state index in [-0.39, 0.29) is 18.0 Å². The first-order chi connectivity index (χ1) is 12.5. The predicted molar refractivity (Wildman–Crippen MR) is 94.6 cm³/mol. The minimum Gasteiger partial charge on any atom is -0.472 e. The topological polar surface area (TPSA) is 42.7 Å². The van der Waals surface area contributed by atoms with E-state index < -0.39 is 11.6 Å². The Kier molecular flexibility index (Phi) is 3.90. The third-order valence-electron chi connectivity index (χ3n) is 4.73. The summed E-state index contributed by atoms with van der Waals surface area (Å²) in [5, 5.41) is 0.855. The van der Waals surface area contributed by atoms with Gasteiger partial charge in [-0.15, -0.1) is 0 Å². The number of rotatable bonds is 2. The van der Waals surface area contributed by atoms with Gasteiger partial charge in [-0.05, 0) is 37.1 Å². The highest BCUT2D eigenvalue weighted by Crippen LogP contribution is 2.37. The molecule has 2 heterocycles. The number of anilines is 1. The molecule has 26 heavy (non-hydrogen) atoms. The average Bonchev–Trinajstić information content (AvgIpc) is 2.61. The Hall–Kier alpha value is -2.89. The summed E-state index contributed by atoms with van der Waals surface area (Å²) in [6.07, 6.45) is 0.692. The molecule has 3 aromatic rings. The third kappa shape index (κ3) is 2.62. The van der Waals surface area contributed by atoms with Crippen molar-refractivity contribution in [3.63, 3.8) is 0 Å². The van der Waals surface area contributed by atoms with E-state index >= 15 is 0 Å². The Bertz CT molecular complexity index is 1070. The molecule has 0 aliphatic carbocycles. The number of ether oxygens (including phenoxy) is 1. The Morgan fingerprint density at radius 3 is 2.73 bits per heavy atom. The second-order valence-corrected chi connectivity index (χ2v) is 6.38. The van der Waals surface area contributed by atoms with Crippen LogP contribution in [0.25, 0.3) is 11.0 Å². The molecule has 2 aromatic carbocycles. The highest BCUT2D eigenvalue weighted by molar-refractivity contribution is 5.86. The number of hydrogen-bond acceptors (Lipinski definition) is 4. The molecule has 4 nitrogen and oxygen atoms in total. The van der Waals surface area contributed by atoms with Gasteiger partial charge in [0, 0.05) is 35.2 Å². The number of nitrogens with zero attached hydrogens (tertiary/aromatic N) is 1. The Morgan fingerprint density at radius 2 is 2.00 bits per heavy atom. The fourth-order valence-corrected chi connectivity index (χ4v) is 3.47. The molecule has 0 fully saturated rings. The normalized spacial score (nSPS) is 13.6. The molecule has 0 bridgehead atoms. The number of hydrogen-bond donors (Lipinski definition) is 0. The van der Waals surface area contributed by atoms with Gasteiger partial charge in [-0.2, -0.15) is 0 Å². The highest BCUT2D eigenvalue weighted by Gasteiger charge is 2.24. The van der Waals surface area contributed by atoms with Crippen molar-refractivity contribution in [1.82, 2.24) is 0 Å². The van der Waals surface area contributed by atoms with E-state index in [1.54, 1.807) is 4.90 Å². The van der Waals surface area contributed by atoms with Crippen molar-refractivity contribution in [1.29, 1.82) is 0 Å². The second-order valence-electron chi connectivity index (χ2n) is 6.38. The van der Waals surface area contributed by atoms with Crippen molar-refractivity contribution >= 4 is 16.7 Å². The van der Waals surface area contributed by atoms with Gasteiger partial charge in [-0.3, -0.25) is 0 Å². The minimum atomic E-state index is -0.630. The first-order valence-corrected chi connectivity index (χ1v) is 8.40. The average molecular weight is 357 g/mol. The molecule has 134 valence electrons. The number of aryl methyl sites for hydroxylation is 2. The molecule has 6 heteroatoms. The molecule has 1 aliphatic heterocycles. The van der Waals surface area contributed by atoms with Gasteiger partial charge in [0.25, 0.3) is 0 Å². The van der Waals surface area contributed by atoms with Crippen LogP contribution in [0.5, 0.6) is 5.75 Å². The van der Waals surface area contributed by atoms with Crippen LogP contribution in [-0.4, -0.2) is 6.73 Å². The van der Waals surface area contributed by atoms with Crippen molar-refractivity contribution < 1.29 is 17.9 Å². The highest BCUT2D eigenvalue weighted by atomic mass is 19.1. The van der Waals surface area contributed by atoms with Crippen LogP contribution < -0.4 is 15.3 Å². The van der Waals surface area contributed by atoms with Gasteiger partial charge in [0.05, 0.1) is 5.69 Å². The second kappa shape index (κ2) is 6.12. The Labute approximate surface area is 148 Å². The molecule has 0 atom stereocenters. The maximum absolute atomic E-state index is 14.1. The Balaban J connectivity index is 1.83. The van der Waals surface area contributed by atoms with Crippen LogP contribution >= 0.6 is 0 Å². The molecular weight excluding hydrogens is 340 g/mol. The van der Waals surface area contributed by atoms with E-state index in [0.717, 1.165) is 28.1 Å². The summed E-state index contributed by atoms with van der Waals surface area (Å²) in [4.78, 5) is 13.5. The summed E-state index contributed by atoms with van der Waals surface area (Å²) in [7, 11) is 0. The molecule has 0 amide bonds. The fourth-order valence-electron chi connectivity index (χ4n) is 3.47. The maximum atomic E-state index is 14.1. The predicted octanol–water partition coefficient (Wildman–Crippen LogP) is 4.30. The standard InChI is InChI=1S/C20H17F2NO3/c1-3-12-7-18(24)26-20-11(2)19-13(6-15(12)20)9-23(10-25-19)17-5-4-14(21)8-16(17)22/h4-8H,3,9-10H2,1-2H3. The van der Waals surface area contributed by atoms with Gasteiger partial charge in [-0.1, -0.05) is 6.92 Å². The van der Waals surface area contributed by atoms with Crippen LogP contribution in [0, 0.1) is 18.6 Å². The molecule has 0 saturated heterocycles. The van der Waals surface area contributed by atoms with Crippen molar-refractivity contribution in [3.8, 4) is 5.75 Å². The van der Waals surface area contributed by atoms with Gasteiger partial charge in [0.1, 0.15) is 23.0 Å². The quantitative estimate of drug-likeness (QED) is 0.642. The van der Waals surface area contributed by atoms with Crippen LogP contribution in [0.1, 0.15) is 23.6 Å². The first-order valence-electron chi connectivity index (χ1n) is 8.40. The van der Waals surface area contributed by atoms with E-state index in [4.69, 9.17) is 9.15 Å². The van der Waals surface area contributed by atoms with E-state index in [1.165, 1.54) is 18.2 Å². The summed E-state index contributed by atoms with van der Waals surface area (Å²) in [5.41, 5.74) is 2.94. The summed E-state index contributed by atoms with van der Waals surface area (Å²) in [6, 6.07) is 6.91. The molecule has 0 N–H and O–H groups in total. The lowest BCUT2D eigenvalue weighted by atomic mass is 9.99. The lowest BCUT2D eigenvalue weighted by Crippen LogP contribution is -2.33. The Morgan fingerprint density at radius 1 is 1.19 bits per heavy atom. The summed E-state index contributed by atoms with van der Waals surface area (Å²) in [6.45, 7) is 4.36. The molecular formula is C20H17F2NO3. The van der Waals surface area contributed by atoms with Crippen LogP contribution in [-0.2, 0) is 13.0 Å². The molecule has 1 aromatic heterocycles. The van der Waals surface area contributed by atoms with Crippen molar-refractivity contribution in [2.45, 2.75) is 26.8 Å². The van der Waals surface area contributed by atoms with E-state index in [0.29, 0.717) is 24.3 Å². The third-order valence-corrected chi connectivity index (χ3v) is 4.73. The van der Waals surface area contributed by atoms with E-state index in [2.05, 4.69) is 0 Å². The SMILES string of the molecule is CCc1cc(=O)oc2c(C)c3c(cc12)CN(c1ccc(F)cc1F)CO3. The summed E-state index contributed by atoms with van der Waals surface area (Å²) < 4.78 is 38.5. The number of fused-ring (bicyclic) bond motifs is 2. The molecule has 0 saturated carbocycles. The van der Waals surface area contributed by atoms with Crippen LogP contribution in [0.3, 0.4) is 0 Å². The smallest absolute Gasteiger partial charge is 0.336 e.